The molecular formula is C15H19N3O4S. The summed E-state index contributed by atoms with van der Waals surface area (Å²) in [6, 6.07) is 1.39. The Bertz CT molecular complexity index is 742. The number of carbonyl (C=O) groups is 2. The summed E-state index contributed by atoms with van der Waals surface area (Å²) in [5.74, 6) is -0.495. The van der Waals surface area contributed by atoms with Crippen molar-refractivity contribution in [2.24, 2.45) is 0 Å². The smallest absolute Gasteiger partial charge is 0.350 e. The maximum atomic E-state index is 12.2. The molecule has 0 fully saturated rings. The number of aryl methyl sites for hydroxylation is 2. The van der Waals surface area contributed by atoms with Crippen molar-refractivity contribution < 1.29 is 19.4 Å². The van der Waals surface area contributed by atoms with Crippen molar-refractivity contribution in [3.8, 4) is 0 Å². The van der Waals surface area contributed by atoms with E-state index in [9.17, 15) is 9.59 Å². The van der Waals surface area contributed by atoms with E-state index in [4.69, 9.17) is 9.84 Å². The van der Waals surface area contributed by atoms with Crippen LogP contribution in [0.4, 0.5) is 10.5 Å². The Balaban J connectivity index is 2.50. The van der Waals surface area contributed by atoms with Crippen LogP contribution in [0, 0.1) is 13.8 Å². The first-order valence-electron chi connectivity index (χ1n) is 7.21. The lowest BCUT2D eigenvalue weighted by molar-refractivity contribution is 0.0533. The van der Waals surface area contributed by atoms with Gasteiger partial charge in [0.1, 0.15) is 9.71 Å². The number of aliphatic hydroxyl groups excluding tert-OH is 1. The minimum atomic E-state index is -0.496. The van der Waals surface area contributed by atoms with Crippen molar-refractivity contribution in [2.45, 2.75) is 20.8 Å². The summed E-state index contributed by atoms with van der Waals surface area (Å²) in [4.78, 5) is 29.5. The van der Waals surface area contributed by atoms with E-state index in [-0.39, 0.29) is 19.8 Å². The van der Waals surface area contributed by atoms with E-state index in [2.05, 4.69) is 15.6 Å². The van der Waals surface area contributed by atoms with Crippen LogP contribution >= 0.6 is 11.3 Å². The number of hydrogen-bond donors (Lipinski definition) is 3. The van der Waals surface area contributed by atoms with Gasteiger partial charge in [-0.2, -0.15) is 0 Å². The number of hydrogen-bond acceptors (Lipinski definition) is 6. The number of rotatable bonds is 5. The lowest BCUT2D eigenvalue weighted by atomic mass is 10.1. The van der Waals surface area contributed by atoms with Crippen molar-refractivity contribution in [3.63, 3.8) is 0 Å². The first-order valence-corrected chi connectivity index (χ1v) is 8.03. The van der Waals surface area contributed by atoms with Gasteiger partial charge in [0.25, 0.3) is 0 Å². The molecule has 2 aromatic heterocycles. The fraction of sp³-hybridized carbons (Fsp3) is 0.400. The third kappa shape index (κ3) is 3.77. The summed E-state index contributed by atoms with van der Waals surface area (Å²) >= 11 is 1.19. The number of esters is 1. The van der Waals surface area contributed by atoms with Crippen molar-refractivity contribution in [2.75, 3.05) is 25.1 Å². The lowest BCUT2D eigenvalue weighted by Crippen LogP contribution is -2.31. The molecule has 0 aliphatic carbocycles. The third-order valence-electron chi connectivity index (χ3n) is 3.08. The number of aromatic nitrogens is 1. The van der Waals surface area contributed by atoms with Crippen LogP contribution < -0.4 is 10.6 Å². The van der Waals surface area contributed by atoms with Gasteiger partial charge >= 0.3 is 12.0 Å². The molecule has 124 valence electrons. The molecular weight excluding hydrogens is 318 g/mol. The molecule has 0 unspecified atom stereocenters. The Morgan fingerprint density at radius 3 is 2.78 bits per heavy atom. The molecule has 0 aromatic carbocycles. The number of urea groups is 1. The van der Waals surface area contributed by atoms with Gasteiger partial charge in [-0.1, -0.05) is 0 Å². The molecule has 7 nitrogen and oxygen atoms in total. The average molecular weight is 337 g/mol. The van der Waals surface area contributed by atoms with Crippen molar-refractivity contribution >= 4 is 39.2 Å². The van der Waals surface area contributed by atoms with Crippen LogP contribution in [0.3, 0.4) is 0 Å². The van der Waals surface area contributed by atoms with Gasteiger partial charge in [-0.3, -0.25) is 0 Å². The Hall–Kier alpha value is -2.19. The second-order valence-corrected chi connectivity index (χ2v) is 5.89. The van der Waals surface area contributed by atoms with Gasteiger partial charge in [0.15, 0.2) is 0 Å². The number of aliphatic hydroxyl groups is 1. The van der Waals surface area contributed by atoms with Crippen molar-refractivity contribution in [1.82, 2.24) is 10.3 Å². The average Bonchev–Trinajstić information content (AvgIpc) is 2.84. The Morgan fingerprint density at radius 1 is 1.39 bits per heavy atom. The Labute approximate surface area is 137 Å². The van der Waals surface area contributed by atoms with E-state index < -0.39 is 12.0 Å². The third-order valence-corrected chi connectivity index (χ3v) is 4.15. The number of nitrogens with one attached hydrogen (secondary N) is 2. The predicted molar refractivity (Wildman–Crippen MR) is 89.2 cm³/mol. The molecule has 3 N–H and O–H groups in total. The highest BCUT2D eigenvalue weighted by Crippen LogP contribution is 2.37. The number of ether oxygens (including phenoxy) is 1. The molecule has 2 aromatic rings. The number of nitrogens with zero attached hydrogens (tertiary/aromatic N) is 1. The largest absolute Gasteiger partial charge is 0.462 e. The number of fused-ring (bicyclic) bond motifs is 1. The highest BCUT2D eigenvalue weighted by Gasteiger charge is 2.23. The van der Waals surface area contributed by atoms with Crippen LogP contribution in [-0.4, -0.2) is 41.8 Å². The van der Waals surface area contributed by atoms with Crippen LogP contribution in [0.5, 0.6) is 0 Å². The maximum Gasteiger partial charge on any atom is 0.350 e. The summed E-state index contributed by atoms with van der Waals surface area (Å²) in [7, 11) is 0. The fourth-order valence-electron chi connectivity index (χ4n) is 2.23. The molecule has 0 saturated heterocycles. The lowest BCUT2D eigenvalue weighted by Gasteiger charge is -2.09. The van der Waals surface area contributed by atoms with Gasteiger partial charge in [0, 0.05) is 17.6 Å². The molecule has 8 heteroatoms. The van der Waals surface area contributed by atoms with E-state index in [0.29, 0.717) is 15.4 Å². The van der Waals surface area contributed by atoms with E-state index in [1.807, 2.05) is 19.9 Å². The van der Waals surface area contributed by atoms with Gasteiger partial charge in [-0.05, 0) is 32.4 Å². The van der Waals surface area contributed by atoms with E-state index in [1.54, 1.807) is 6.92 Å². The van der Waals surface area contributed by atoms with Gasteiger partial charge in [0.05, 0.1) is 18.9 Å². The van der Waals surface area contributed by atoms with Crippen LogP contribution in [0.15, 0.2) is 6.07 Å². The van der Waals surface area contributed by atoms with Crippen LogP contribution in [-0.2, 0) is 4.74 Å². The van der Waals surface area contributed by atoms with E-state index in [1.165, 1.54) is 11.3 Å². The second-order valence-electron chi connectivity index (χ2n) is 4.89. The first kappa shape index (κ1) is 17.2. The molecule has 2 rings (SSSR count). The fourth-order valence-corrected chi connectivity index (χ4v) is 3.37. The maximum absolute atomic E-state index is 12.2. The summed E-state index contributed by atoms with van der Waals surface area (Å²) in [5.41, 5.74) is 2.14. The molecule has 0 spiro atoms. The quantitative estimate of drug-likeness (QED) is 0.726. The standard InChI is InChI=1S/C15H19N3O4S/c1-4-22-14(20)12-11(18-15(21)16-5-6-19)10-8(2)7-9(3)17-13(10)23-12/h7,19H,4-6H2,1-3H3,(H2,16,18,21). The van der Waals surface area contributed by atoms with Gasteiger partial charge in [0.2, 0.25) is 0 Å². The summed E-state index contributed by atoms with van der Waals surface area (Å²) < 4.78 is 5.06. The topological polar surface area (TPSA) is 101 Å². The van der Waals surface area contributed by atoms with Crippen molar-refractivity contribution in [1.29, 1.82) is 0 Å². The van der Waals surface area contributed by atoms with Crippen molar-refractivity contribution in [3.05, 3.63) is 22.2 Å². The molecule has 0 aliphatic heterocycles. The number of amides is 2. The number of carbonyl (C=O) groups excluding carboxylic acids is 2. The number of pyridine rings is 1. The zero-order valence-electron chi connectivity index (χ0n) is 13.2. The molecule has 23 heavy (non-hydrogen) atoms. The molecule has 2 amide bonds. The zero-order chi connectivity index (χ0) is 17.0. The molecule has 0 saturated carbocycles. The Kier molecular flexibility index (Phi) is 5.51. The normalized spacial score (nSPS) is 10.6. The van der Waals surface area contributed by atoms with Gasteiger partial charge < -0.3 is 20.5 Å². The SMILES string of the molecule is CCOC(=O)c1sc2nc(C)cc(C)c2c1NC(=O)NCCO. The second kappa shape index (κ2) is 7.38. The molecule has 0 radical (unpaired) electrons. The van der Waals surface area contributed by atoms with Gasteiger partial charge in [-0.15, -0.1) is 11.3 Å². The first-order chi connectivity index (χ1) is 11.0. The monoisotopic (exact) mass is 337 g/mol. The van der Waals surface area contributed by atoms with Crippen LogP contribution in [0.1, 0.15) is 27.9 Å². The van der Waals surface area contributed by atoms with Crippen LogP contribution in [0.2, 0.25) is 0 Å². The highest BCUT2D eigenvalue weighted by atomic mass is 32.1. The zero-order valence-corrected chi connectivity index (χ0v) is 14.0. The van der Waals surface area contributed by atoms with Gasteiger partial charge in [-0.25, -0.2) is 14.6 Å². The summed E-state index contributed by atoms with van der Waals surface area (Å²) in [5, 5.41) is 14.7. The molecule has 2 heterocycles. The molecule has 0 bridgehead atoms. The summed E-state index contributed by atoms with van der Waals surface area (Å²) in [6.07, 6.45) is 0. The number of thiophene rings is 1. The highest BCUT2D eigenvalue weighted by molar-refractivity contribution is 7.21. The summed E-state index contributed by atoms with van der Waals surface area (Å²) in [6.45, 7) is 5.70. The molecule has 0 aliphatic rings. The number of anilines is 1. The minimum absolute atomic E-state index is 0.124. The molecule has 0 atom stereocenters. The Morgan fingerprint density at radius 2 is 2.13 bits per heavy atom. The minimum Gasteiger partial charge on any atom is -0.462 e. The van der Waals surface area contributed by atoms with Crippen LogP contribution in [0.25, 0.3) is 10.2 Å². The predicted octanol–water partition coefficient (Wildman–Crippen LogP) is 2.20. The van der Waals surface area contributed by atoms with E-state index >= 15 is 0 Å². The van der Waals surface area contributed by atoms with E-state index in [0.717, 1.165) is 16.6 Å².